The van der Waals surface area contributed by atoms with Gasteiger partial charge in [-0.1, -0.05) is 12.1 Å². The molecule has 14 heavy (non-hydrogen) atoms. The van der Waals surface area contributed by atoms with Crippen molar-refractivity contribution in [3.63, 3.8) is 0 Å². The van der Waals surface area contributed by atoms with Crippen LogP contribution in [-0.2, 0) is 6.42 Å². The molecule has 1 N–H and O–H groups in total. The van der Waals surface area contributed by atoms with Crippen molar-refractivity contribution >= 4 is 11.8 Å². The van der Waals surface area contributed by atoms with Gasteiger partial charge in [-0.2, -0.15) is 11.8 Å². The van der Waals surface area contributed by atoms with E-state index in [2.05, 4.69) is 0 Å². The first-order valence-electron chi connectivity index (χ1n) is 4.76. The molecular weight excluding hydrogens is 199 g/mol. The highest BCUT2D eigenvalue weighted by atomic mass is 32.2. The van der Waals surface area contributed by atoms with E-state index in [-0.39, 0.29) is 11.9 Å². The van der Waals surface area contributed by atoms with Crippen LogP contribution >= 0.6 is 11.8 Å². The monoisotopic (exact) mass is 212 g/mol. The maximum absolute atomic E-state index is 12.9. The van der Waals surface area contributed by atoms with Gasteiger partial charge in [0.05, 0.1) is 6.10 Å². The Bertz CT molecular complexity index is 316. The normalized spacial score (nSPS) is 26.7. The largest absolute Gasteiger partial charge is 0.392 e. The molecule has 0 amide bonds. The zero-order valence-electron chi connectivity index (χ0n) is 7.82. The number of thioether (sulfide) groups is 1. The van der Waals surface area contributed by atoms with E-state index in [1.807, 2.05) is 6.07 Å². The second-order valence-electron chi connectivity index (χ2n) is 3.70. The maximum Gasteiger partial charge on any atom is 0.123 e. The predicted molar refractivity (Wildman–Crippen MR) is 56.9 cm³/mol. The molecule has 1 aliphatic rings. The van der Waals surface area contributed by atoms with Gasteiger partial charge in [0, 0.05) is 5.75 Å². The van der Waals surface area contributed by atoms with E-state index in [4.69, 9.17) is 0 Å². The van der Waals surface area contributed by atoms with Crippen molar-refractivity contribution in [3.8, 4) is 0 Å². The van der Waals surface area contributed by atoms with E-state index in [1.165, 1.54) is 6.07 Å². The van der Waals surface area contributed by atoms with Crippen LogP contribution < -0.4 is 0 Å². The first-order valence-corrected chi connectivity index (χ1v) is 5.91. The van der Waals surface area contributed by atoms with E-state index in [9.17, 15) is 9.50 Å². The number of aliphatic hydroxyl groups excluding tert-OH is 1. The molecule has 1 heterocycles. The number of hydrogen-bond acceptors (Lipinski definition) is 2. The third kappa shape index (κ3) is 2.28. The van der Waals surface area contributed by atoms with E-state index >= 15 is 0 Å². The molecule has 1 saturated heterocycles. The molecule has 0 aromatic heterocycles. The summed E-state index contributed by atoms with van der Waals surface area (Å²) in [7, 11) is 0. The van der Waals surface area contributed by atoms with Crippen LogP contribution in [0.4, 0.5) is 4.39 Å². The van der Waals surface area contributed by atoms with Gasteiger partial charge in [0.25, 0.3) is 0 Å². The lowest BCUT2D eigenvalue weighted by molar-refractivity contribution is 0.150. The molecule has 1 aromatic rings. The number of rotatable bonds is 2. The van der Waals surface area contributed by atoms with Crippen LogP contribution in [0.25, 0.3) is 0 Å². The second-order valence-corrected chi connectivity index (χ2v) is 4.77. The molecule has 0 aliphatic carbocycles. The highest BCUT2D eigenvalue weighted by Crippen LogP contribution is 2.27. The third-order valence-electron chi connectivity index (χ3n) is 2.55. The average molecular weight is 212 g/mol. The Morgan fingerprint density at radius 1 is 1.43 bits per heavy atom. The molecule has 1 nitrogen and oxygen atoms in total. The standard InChI is InChI=1S/C11H13FOS/c12-10-3-1-2-8(5-10)4-9-6-14-7-11(9)13/h1-3,5,9,11,13H,4,6-7H2. The van der Waals surface area contributed by atoms with Crippen LogP contribution in [0.2, 0.25) is 0 Å². The van der Waals surface area contributed by atoms with Gasteiger partial charge in [-0.3, -0.25) is 0 Å². The summed E-state index contributed by atoms with van der Waals surface area (Å²) in [6.45, 7) is 0. The topological polar surface area (TPSA) is 20.2 Å². The molecule has 1 aromatic carbocycles. The Balaban J connectivity index is 2.03. The van der Waals surface area contributed by atoms with Gasteiger partial charge in [-0.15, -0.1) is 0 Å². The van der Waals surface area contributed by atoms with Crippen molar-refractivity contribution in [2.75, 3.05) is 11.5 Å². The lowest BCUT2D eigenvalue weighted by Gasteiger charge is -2.12. The summed E-state index contributed by atoms with van der Waals surface area (Å²) in [5.74, 6) is 1.90. The van der Waals surface area contributed by atoms with Gasteiger partial charge in [0.2, 0.25) is 0 Å². The minimum atomic E-state index is -0.219. The van der Waals surface area contributed by atoms with E-state index in [1.54, 1.807) is 23.9 Å². The first-order chi connectivity index (χ1) is 6.75. The van der Waals surface area contributed by atoms with Crippen molar-refractivity contribution in [1.82, 2.24) is 0 Å². The van der Waals surface area contributed by atoms with E-state index < -0.39 is 0 Å². The van der Waals surface area contributed by atoms with Crippen molar-refractivity contribution in [3.05, 3.63) is 35.6 Å². The Morgan fingerprint density at radius 3 is 2.93 bits per heavy atom. The predicted octanol–water partition coefficient (Wildman–Crippen LogP) is 2.09. The lowest BCUT2D eigenvalue weighted by Crippen LogP contribution is -2.19. The van der Waals surface area contributed by atoms with Gasteiger partial charge in [-0.25, -0.2) is 4.39 Å². The molecule has 2 rings (SSSR count). The van der Waals surface area contributed by atoms with Gasteiger partial charge < -0.3 is 5.11 Å². The van der Waals surface area contributed by atoms with Crippen LogP contribution in [0.5, 0.6) is 0 Å². The van der Waals surface area contributed by atoms with Crippen LogP contribution in [0.15, 0.2) is 24.3 Å². The minimum Gasteiger partial charge on any atom is -0.392 e. The smallest absolute Gasteiger partial charge is 0.123 e. The molecule has 3 heteroatoms. The summed E-state index contributed by atoms with van der Waals surface area (Å²) in [5, 5.41) is 9.60. The van der Waals surface area contributed by atoms with Crippen LogP contribution in [-0.4, -0.2) is 22.7 Å². The Hall–Kier alpha value is -0.540. The van der Waals surface area contributed by atoms with Gasteiger partial charge in [0.1, 0.15) is 5.82 Å². The summed E-state index contributed by atoms with van der Waals surface area (Å²) in [5.41, 5.74) is 0.983. The van der Waals surface area contributed by atoms with Crippen LogP contribution in [0.3, 0.4) is 0 Å². The van der Waals surface area contributed by atoms with E-state index in [0.717, 1.165) is 23.5 Å². The van der Waals surface area contributed by atoms with Crippen molar-refractivity contribution in [1.29, 1.82) is 0 Å². The molecule has 0 spiro atoms. The number of aliphatic hydroxyl groups is 1. The first kappa shape index (κ1) is 9.99. The molecule has 2 unspecified atom stereocenters. The Labute approximate surface area is 87.3 Å². The Morgan fingerprint density at radius 2 is 2.29 bits per heavy atom. The average Bonchev–Trinajstić information content (AvgIpc) is 2.52. The highest BCUT2D eigenvalue weighted by molar-refractivity contribution is 7.99. The van der Waals surface area contributed by atoms with Gasteiger partial charge in [-0.05, 0) is 35.8 Å². The molecular formula is C11H13FOS. The summed E-state index contributed by atoms with van der Waals surface area (Å²) >= 11 is 1.77. The number of hydrogen-bond donors (Lipinski definition) is 1. The Kier molecular flexibility index (Phi) is 3.08. The molecule has 1 aliphatic heterocycles. The van der Waals surface area contributed by atoms with E-state index in [0.29, 0.717) is 5.92 Å². The number of benzene rings is 1. The summed E-state index contributed by atoms with van der Waals surface area (Å²) in [6, 6.07) is 6.64. The zero-order valence-corrected chi connectivity index (χ0v) is 8.64. The fourth-order valence-electron chi connectivity index (χ4n) is 1.75. The van der Waals surface area contributed by atoms with Gasteiger partial charge in [0.15, 0.2) is 0 Å². The fourth-order valence-corrected chi connectivity index (χ4v) is 3.04. The molecule has 2 atom stereocenters. The third-order valence-corrected chi connectivity index (χ3v) is 3.79. The SMILES string of the molecule is OC1CSCC1Cc1cccc(F)c1. The van der Waals surface area contributed by atoms with Crippen LogP contribution in [0.1, 0.15) is 5.56 Å². The molecule has 1 fully saturated rings. The second kappa shape index (κ2) is 4.32. The van der Waals surface area contributed by atoms with Crippen molar-refractivity contribution < 1.29 is 9.50 Å². The van der Waals surface area contributed by atoms with Crippen LogP contribution in [0, 0.1) is 11.7 Å². The van der Waals surface area contributed by atoms with Crippen molar-refractivity contribution in [2.45, 2.75) is 12.5 Å². The lowest BCUT2D eigenvalue weighted by atomic mass is 9.97. The maximum atomic E-state index is 12.9. The summed E-state index contributed by atoms with van der Waals surface area (Å²) in [4.78, 5) is 0. The summed E-state index contributed by atoms with van der Waals surface area (Å²) < 4.78 is 12.9. The fraction of sp³-hybridized carbons (Fsp3) is 0.455. The molecule has 0 saturated carbocycles. The molecule has 0 radical (unpaired) electrons. The quantitative estimate of drug-likeness (QED) is 0.810. The summed E-state index contributed by atoms with van der Waals surface area (Å²) in [6.07, 6.45) is 0.564. The number of halogens is 1. The molecule has 0 bridgehead atoms. The highest BCUT2D eigenvalue weighted by Gasteiger charge is 2.25. The van der Waals surface area contributed by atoms with Crippen molar-refractivity contribution in [2.24, 2.45) is 5.92 Å². The van der Waals surface area contributed by atoms with Gasteiger partial charge >= 0.3 is 0 Å². The zero-order chi connectivity index (χ0) is 9.97. The molecule has 76 valence electrons. The minimum absolute atomic E-state index is 0.192.